The molecule has 2 aromatic heterocycles. The van der Waals surface area contributed by atoms with E-state index >= 15 is 0 Å². The van der Waals surface area contributed by atoms with Crippen LogP contribution >= 0.6 is 0 Å². The first-order valence-corrected chi connectivity index (χ1v) is 8.75. The van der Waals surface area contributed by atoms with E-state index in [9.17, 15) is 9.59 Å². The van der Waals surface area contributed by atoms with Crippen molar-refractivity contribution >= 4 is 27.7 Å². The summed E-state index contributed by atoms with van der Waals surface area (Å²) in [5, 5.41) is 9.39. The Hall–Kier alpha value is -3.68. The number of amides is 1. The number of hydrogen-bond acceptors (Lipinski definition) is 5. The summed E-state index contributed by atoms with van der Waals surface area (Å²) >= 11 is 0. The first-order valence-electron chi connectivity index (χ1n) is 8.75. The number of benzene rings is 2. The van der Waals surface area contributed by atoms with E-state index in [4.69, 9.17) is 4.74 Å². The van der Waals surface area contributed by atoms with Gasteiger partial charge in [0, 0.05) is 13.6 Å². The Bertz CT molecular complexity index is 1240. The van der Waals surface area contributed by atoms with E-state index in [2.05, 4.69) is 15.4 Å². The van der Waals surface area contributed by atoms with E-state index in [0.29, 0.717) is 17.6 Å². The topological polar surface area (TPSA) is 91.0 Å². The summed E-state index contributed by atoms with van der Waals surface area (Å²) in [4.78, 5) is 28.9. The van der Waals surface area contributed by atoms with Crippen molar-refractivity contribution in [3.63, 3.8) is 0 Å². The Morgan fingerprint density at radius 2 is 1.96 bits per heavy atom. The molecule has 0 saturated heterocycles. The molecule has 8 heteroatoms. The van der Waals surface area contributed by atoms with Crippen LogP contribution in [0.5, 0.6) is 5.75 Å². The molecule has 0 spiro atoms. The van der Waals surface area contributed by atoms with Crippen LogP contribution in [0, 0.1) is 0 Å². The zero-order valence-corrected chi connectivity index (χ0v) is 15.5. The summed E-state index contributed by atoms with van der Waals surface area (Å²) in [5.74, 6) is 0.542. The van der Waals surface area contributed by atoms with Crippen LogP contribution in [0.1, 0.15) is 5.56 Å². The highest BCUT2D eigenvalue weighted by molar-refractivity contribution is 5.84. The number of carbonyl (C=O) groups is 1. The number of aromatic nitrogens is 4. The fraction of sp³-hybridized carbons (Fsp3) is 0.200. The summed E-state index contributed by atoms with van der Waals surface area (Å²) in [6.45, 7) is 0.277. The Morgan fingerprint density at radius 3 is 2.79 bits per heavy atom. The Labute approximate surface area is 160 Å². The van der Waals surface area contributed by atoms with Gasteiger partial charge in [0.1, 0.15) is 24.0 Å². The lowest BCUT2D eigenvalue weighted by Crippen LogP contribution is -2.32. The largest absolute Gasteiger partial charge is 0.497 e. The summed E-state index contributed by atoms with van der Waals surface area (Å²) in [7, 11) is 3.35. The van der Waals surface area contributed by atoms with Crippen molar-refractivity contribution in [1.82, 2.24) is 24.6 Å². The second-order valence-electron chi connectivity index (χ2n) is 6.51. The van der Waals surface area contributed by atoms with Crippen molar-refractivity contribution in [3.8, 4) is 5.75 Å². The van der Waals surface area contributed by atoms with Gasteiger partial charge in [0.2, 0.25) is 5.91 Å². The number of nitrogens with one attached hydrogen (secondary N) is 1. The maximum atomic E-state index is 12.4. The molecule has 142 valence electrons. The molecular weight excluding hydrogens is 358 g/mol. The van der Waals surface area contributed by atoms with Crippen LogP contribution in [-0.4, -0.2) is 32.3 Å². The number of ether oxygens (including phenoxy) is 1. The third kappa shape index (κ3) is 3.32. The second kappa shape index (κ2) is 7.15. The zero-order valence-electron chi connectivity index (χ0n) is 15.5. The van der Waals surface area contributed by atoms with Gasteiger partial charge < -0.3 is 10.1 Å². The van der Waals surface area contributed by atoms with E-state index in [0.717, 1.165) is 22.1 Å². The molecule has 0 atom stereocenters. The maximum absolute atomic E-state index is 12.4. The van der Waals surface area contributed by atoms with Crippen LogP contribution in [0.15, 0.2) is 53.7 Å². The highest BCUT2D eigenvalue weighted by Crippen LogP contribution is 2.21. The van der Waals surface area contributed by atoms with Gasteiger partial charge in [-0.15, -0.1) is 0 Å². The molecule has 0 fully saturated rings. The minimum absolute atomic E-state index is 0.0958. The van der Waals surface area contributed by atoms with Crippen molar-refractivity contribution in [3.05, 3.63) is 64.8 Å². The van der Waals surface area contributed by atoms with E-state index in [1.54, 1.807) is 14.2 Å². The number of carbonyl (C=O) groups excluding carboxylic acids is 1. The SMILES string of the molecule is COc1ccc2cc(CNC(=O)Cn3cnc4c(cnn4C)c3=O)ccc2c1. The molecule has 0 unspecified atom stereocenters. The van der Waals surface area contributed by atoms with Crippen LogP contribution in [0.3, 0.4) is 0 Å². The molecule has 0 saturated carbocycles. The monoisotopic (exact) mass is 377 g/mol. The molecule has 2 heterocycles. The number of rotatable bonds is 5. The smallest absolute Gasteiger partial charge is 0.264 e. The molecule has 4 rings (SSSR count). The van der Waals surface area contributed by atoms with Crippen LogP contribution in [-0.2, 0) is 24.9 Å². The molecule has 0 aliphatic carbocycles. The molecule has 0 aliphatic heterocycles. The first-order chi connectivity index (χ1) is 13.5. The normalized spacial score (nSPS) is 11.1. The van der Waals surface area contributed by atoms with Crippen molar-refractivity contribution in [1.29, 1.82) is 0 Å². The highest BCUT2D eigenvalue weighted by atomic mass is 16.5. The number of methoxy groups -OCH3 is 1. The van der Waals surface area contributed by atoms with Gasteiger partial charge in [-0.3, -0.25) is 18.8 Å². The molecule has 28 heavy (non-hydrogen) atoms. The van der Waals surface area contributed by atoms with Gasteiger partial charge in [0.15, 0.2) is 5.65 Å². The van der Waals surface area contributed by atoms with Gasteiger partial charge in [-0.25, -0.2) is 4.98 Å². The average Bonchev–Trinajstić information content (AvgIpc) is 3.09. The van der Waals surface area contributed by atoms with E-state index in [-0.39, 0.29) is 18.0 Å². The van der Waals surface area contributed by atoms with E-state index < -0.39 is 0 Å². The molecule has 4 aromatic rings. The molecule has 0 radical (unpaired) electrons. The van der Waals surface area contributed by atoms with Crippen LogP contribution in [0.25, 0.3) is 21.8 Å². The maximum Gasteiger partial charge on any atom is 0.264 e. The molecule has 1 N–H and O–H groups in total. The van der Waals surface area contributed by atoms with Crippen molar-refractivity contribution < 1.29 is 9.53 Å². The second-order valence-corrected chi connectivity index (χ2v) is 6.51. The fourth-order valence-corrected chi connectivity index (χ4v) is 3.10. The van der Waals surface area contributed by atoms with Crippen molar-refractivity contribution in [2.75, 3.05) is 7.11 Å². The third-order valence-electron chi connectivity index (χ3n) is 4.63. The fourth-order valence-electron chi connectivity index (χ4n) is 3.10. The lowest BCUT2D eigenvalue weighted by atomic mass is 10.1. The molecule has 2 aromatic carbocycles. The molecule has 0 aliphatic rings. The summed E-state index contributed by atoms with van der Waals surface area (Å²) < 4.78 is 8.04. The van der Waals surface area contributed by atoms with Gasteiger partial charge in [-0.1, -0.05) is 18.2 Å². The Kier molecular flexibility index (Phi) is 4.52. The van der Waals surface area contributed by atoms with Crippen LogP contribution in [0.4, 0.5) is 0 Å². The molecule has 0 bridgehead atoms. The van der Waals surface area contributed by atoms with Gasteiger partial charge in [0.25, 0.3) is 5.56 Å². The summed E-state index contributed by atoms with van der Waals surface area (Å²) in [6.07, 6.45) is 2.83. The first kappa shape index (κ1) is 17.7. The van der Waals surface area contributed by atoms with Crippen LogP contribution < -0.4 is 15.6 Å². The standard InChI is InChI=1S/C20H19N5O3/c1-24-19-17(10-23-24)20(27)25(12-22-19)11-18(26)21-9-13-3-4-15-8-16(28-2)6-5-14(15)7-13/h3-8,10,12H,9,11H2,1-2H3,(H,21,26). The quantitative estimate of drug-likeness (QED) is 0.571. The Balaban J connectivity index is 1.45. The predicted octanol–water partition coefficient (Wildman–Crippen LogP) is 1.61. The van der Waals surface area contributed by atoms with Gasteiger partial charge in [-0.05, 0) is 34.5 Å². The van der Waals surface area contributed by atoms with E-state index in [1.165, 1.54) is 21.8 Å². The molecule has 1 amide bonds. The number of fused-ring (bicyclic) bond motifs is 2. The molecule has 8 nitrogen and oxygen atoms in total. The van der Waals surface area contributed by atoms with Gasteiger partial charge >= 0.3 is 0 Å². The van der Waals surface area contributed by atoms with Crippen molar-refractivity contribution in [2.45, 2.75) is 13.1 Å². The lowest BCUT2D eigenvalue weighted by Gasteiger charge is -2.09. The third-order valence-corrected chi connectivity index (χ3v) is 4.63. The minimum atomic E-state index is -0.284. The minimum Gasteiger partial charge on any atom is -0.497 e. The zero-order chi connectivity index (χ0) is 19.7. The number of nitrogens with zero attached hydrogens (tertiary/aromatic N) is 4. The summed E-state index contributed by atoms with van der Waals surface area (Å²) in [5.41, 5.74) is 1.18. The van der Waals surface area contributed by atoms with Crippen LogP contribution in [0.2, 0.25) is 0 Å². The predicted molar refractivity (Wildman–Crippen MR) is 105 cm³/mol. The van der Waals surface area contributed by atoms with Crippen molar-refractivity contribution in [2.24, 2.45) is 7.05 Å². The Morgan fingerprint density at radius 1 is 1.18 bits per heavy atom. The van der Waals surface area contributed by atoms with Gasteiger partial charge in [-0.2, -0.15) is 5.10 Å². The summed E-state index contributed by atoms with van der Waals surface area (Å²) in [6, 6.07) is 11.8. The molecular formula is C20H19N5O3. The van der Waals surface area contributed by atoms with E-state index in [1.807, 2.05) is 36.4 Å². The number of aryl methyl sites for hydroxylation is 1. The lowest BCUT2D eigenvalue weighted by molar-refractivity contribution is -0.121. The highest BCUT2D eigenvalue weighted by Gasteiger charge is 2.11. The average molecular weight is 377 g/mol. The number of hydrogen-bond donors (Lipinski definition) is 1. The van der Waals surface area contributed by atoms with Gasteiger partial charge in [0.05, 0.1) is 13.3 Å².